The van der Waals surface area contributed by atoms with Crippen LogP contribution in [0.5, 0.6) is 0 Å². The van der Waals surface area contributed by atoms with Crippen LogP contribution in [0, 0.1) is 6.92 Å². The predicted octanol–water partition coefficient (Wildman–Crippen LogP) is 3.50. The van der Waals surface area contributed by atoms with Crippen LogP contribution in [0.4, 0.5) is 0 Å². The average Bonchev–Trinajstić information content (AvgIpc) is 2.54. The fourth-order valence-electron chi connectivity index (χ4n) is 1.95. The van der Waals surface area contributed by atoms with Crippen LogP contribution in [0.3, 0.4) is 0 Å². The zero-order valence-electron chi connectivity index (χ0n) is 7.55. The molecule has 0 spiro atoms. The third kappa shape index (κ3) is 1.69. The average molecular weight is 181 g/mol. The molecule has 12 heavy (non-hydrogen) atoms. The van der Waals surface area contributed by atoms with Crippen molar-refractivity contribution in [2.24, 2.45) is 0 Å². The van der Waals surface area contributed by atoms with E-state index < -0.39 is 0 Å². The van der Waals surface area contributed by atoms with Crippen LogP contribution in [-0.2, 0) is 0 Å². The summed E-state index contributed by atoms with van der Waals surface area (Å²) < 4.78 is 0. The van der Waals surface area contributed by atoms with Crippen LogP contribution in [0.25, 0.3) is 0 Å². The second-order valence-electron chi connectivity index (χ2n) is 3.62. The van der Waals surface area contributed by atoms with Crippen LogP contribution in [0.2, 0.25) is 0 Å². The van der Waals surface area contributed by atoms with Crippen molar-refractivity contribution in [2.45, 2.75) is 44.9 Å². The molecule has 0 unspecified atom stereocenters. The number of rotatable bonds is 1. The van der Waals surface area contributed by atoms with Crippen molar-refractivity contribution in [1.29, 1.82) is 0 Å². The van der Waals surface area contributed by atoms with Crippen molar-refractivity contribution in [3.05, 3.63) is 16.1 Å². The molecule has 0 aliphatic heterocycles. The quantitative estimate of drug-likeness (QED) is 0.646. The molecule has 0 atom stereocenters. The Labute approximate surface area is 77.8 Å². The summed E-state index contributed by atoms with van der Waals surface area (Å²) in [6.07, 6.45) is 9.14. The van der Waals surface area contributed by atoms with Gasteiger partial charge in [-0.05, 0) is 25.7 Å². The highest BCUT2D eigenvalue weighted by molar-refractivity contribution is 7.11. The molecule has 1 nitrogen and oxygen atoms in total. The molecule has 2 rings (SSSR count). The van der Waals surface area contributed by atoms with Gasteiger partial charge in [0.15, 0.2) is 0 Å². The standard InChI is InChI=1S/C10H15NS/c1-8-11-7-10(12-8)9-5-3-2-4-6-9/h7,9H,2-6H2,1H3. The Balaban J connectivity index is 2.08. The minimum absolute atomic E-state index is 0.838. The zero-order valence-corrected chi connectivity index (χ0v) is 8.36. The molecule has 2 heteroatoms. The number of hydrogen-bond donors (Lipinski definition) is 0. The number of aromatic nitrogens is 1. The molecule has 1 heterocycles. The first-order chi connectivity index (χ1) is 5.86. The van der Waals surface area contributed by atoms with E-state index in [9.17, 15) is 0 Å². The molecule has 1 aliphatic carbocycles. The lowest BCUT2D eigenvalue weighted by Crippen LogP contribution is -2.02. The van der Waals surface area contributed by atoms with Crippen molar-refractivity contribution < 1.29 is 0 Å². The summed E-state index contributed by atoms with van der Waals surface area (Å²) in [6, 6.07) is 0. The van der Waals surface area contributed by atoms with Gasteiger partial charge >= 0.3 is 0 Å². The summed E-state index contributed by atoms with van der Waals surface area (Å²) in [7, 11) is 0. The molecule has 1 aromatic rings. The van der Waals surface area contributed by atoms with Gasteiger partial charge in [-0.25, -0.2) is 4.98 Å². The monoisotopic (exact) mass is 181 g/mol. The summed E-state index contributed by atoms with van der Waals surface area (Å²) in [5, 5.41) is 1.22. The normalized spacial score (nSPS) is 19.8. The van der Waals surface area contributed by atoms with E-state index in [1.807, 2.05) is 11.3 Å². The van der Waals surface area contributed by atoms with Gasteiger partial charge in [0.05, 0.1) is 5.01 Å². The number of thiazole rings is 1. The van der Waals surface area contributed by atoms with Gasteiger partial charge < -0.3 is 0 Å². The lowest BCUT2D eigenvalue weighted by Gasteiger charge is -2.19. The largest absolute Gasteiger partial charge is 0.250 e. The van der Waals surface area contributed by atoms with E-state index in [1.165, 1.54) is 42.0 Å². The molecule has 0 N–H and O–H groups in total. The number of nitrogens with zero attached hydrogens (tertiary/aromatic N) is 1. The highest BCUT2D eigenvalue weighted by Crippen LogP contribution is 2.35. The van der Waals surface area contributed by atoms with Crippen molar-refractivity contribution in [2.75, 3.05) is 0 Å². The minimum Gasteiger partial charge on any atom is -0.250 e. The van der Waals surface area contributed by atoms with Crippen LogP contribution in [0.1, 0.15) is 47.9 Å². The Kier molecular flexibility index (Phi) is 2.45. The summed E-state index contributed by atoms with van der Waals surface area (Å²) in [6.45, 7) is 2.09. The molecule has 0 radical (unpaired) electrons. The maximum atomic E-state index is 4.31. The third-order valence-electron chi connectivity index (χ3n) is 2.65. The van der Waals surface area contributed by atoms with Crippen LogP contribution >= 0.6 is 11.3 Å². The van der Waals surface area contributed by atoms with E-state index in [1.54, 1.807) is 0 Å². The number of aryl methyl sites for hydroxylation is 1. The van der Waals surface area contributed by atoms with Crippen molar-refractivity contribution in [3.63, 3.8) is 0 Å². The second kappa shape index (κ2) is 3.56. The number of hydrogen-bond acceptors (Lipinski definition) is 2. The SMILES string of the molecule is Cc1ncc(C2CCCCC2)s1. The first kappa shape index (κ1) is 8.24. The van der Waals surface area contributed by atoms with Crippen LogP contribution in [0.15, 0.2) is 6.20 Å². The van der Waals surface area contributed by atoms with E-state index in [2.05, 4.69) is 18.1 Å². The Hall–Kier alpha value is -0.370. The molecule has 0 aromatic carbocycles. The molecular formula is C10H15NS. The fourth-order valence-corrected chi connectivity index (χ4v) is 2.91. The predicted molar refractivity (Wildman–Crippen MR) is 52.7 cm³/mol. The molecule has 0 saturated heterocycles. The Bertz CT molecular complexity index is 248. The topological polar surface area (TPSA) is 12.9 Å². The Morgan fingerprint density at radius 3 is 2.67 bits per heavy atom. The van der Waals surface area contributed by atoms with Crippen LogP contribution < -0.4 is 0 Å². The van der Waals surface area contributed by atoms with Gasteiger partial charge in [0.2, 0.25) is 0 Å². The smallest absolute Gasteiger partial charge is 0.0896 e. The summed E-state index contributed by atoms with van der Waals surface area (Å²) in [5.74, 6) is 0.838. The van der Waals surface area contributed by atoms with Gasteiger partial charge in [0, 0.05) is 11.1 Å². The van der Waals surface area contributed by atoms with Crippen molar-refractivity contribution in [3.8, 4) is 0 Å². The fraction of sp³-hybridized carbons (Fsp3) is 0.700. The van der Waals surface area contributed by atoms with Gasteiger partial charge in [-0.3, -0.25) is 0 Å². The first-order valence-corrected chi connectivity index (χ1v) is 5.60. The highest BCUT2D eigenvalue weighted by atomic mass is 32.1. The molecule has 1 saturated carbocycles. The van der Waals surface area contributed by atoms with E-state index in [-0.39, 0.29) is 0 Å². The first-order valence-electron chi connectivity index (χ1n) is 4.78. The van der Waals surface area contributed by atoms with Gasteiger partial charge in [-0.15, -0.1) is 11.3 Å². The van der Waals surface area contributed by atoms with Gasteiger partial charge in [-0.2, -0.15) is 0 Å². The Morgan fingerprint density at radius 2 is 2.08 bits per heavy atom. The molecule has 1 fully saturated rings. The highest BCUT2D eigenvalue weighted by Gasteiger charge is 2.16. The van der Waals surface area contributed by atoms with Crippen molar-refractivity contribution in [1.82, 2.24) is 4.98 Å². The molecular weight excluding hydrogens is 166 g/mol. The molecule has 0 amide bonds. The van der Waals surface area contributed by atoms with E-state index >= 15 is 0 Å². The maximum Gasteiger partial charge on any atom is 0.0896 e. The van der Waals surface area contributed by atoms with Gasteiger partial charge in [0.1, 0.15) is 0 Å². The molecule has 1 aliphatic rings. The lowest BCUT2D eigenvalue weighted by molar-refractivity contribution is 0.448. The summed E-state index contributed by atoms with van der Waals surface area (Å²) in [4.78, 5) is 5.83. The van der Waals surface area contributed by atoms with Gasteiger partial charge in [-0.1, -0.05) is 19.3 Å². The maximum absolute atomic E-state index is 4.31. The van der Waals surface area contributed by atoms with Crippen molar-refractivity contribution >= 4 is 11.3 Å². The van der Waals surface area contributed by atoms with E-state index in [0.29, 0.717) is 0 Å². The van der Waals surface area contributed by atoms with Crippen LogP contribution in [-0.4, -0.2) is 4.98 Å². The third-order valence-corrected chi connectivity index (χ3v) is 3.72. The molecule has 66 valence electrons. The Morgan fingerprint density at radius 1 is 1.33 bits per heavy atom. The molecule has 0 bridgehead atoms. The second-order valence-corrected chi connectivity index (χ2v) is 4.88. The summed E-state index contributed by atoms with van der Waals surface area (Å²) >= 11 is 1.88. The van der Waals surface area contributed by atoms with E-state index in [0.717, 1.165) is 5.92 Å². The summed E-state index contributed by atoms with van der Waals surface area (Å²) in [5.41, 5.74) is 0. The van der Waals surface area contributed by atoms with Gasteiger partial charge in [0.25, 0.3) is 0 Å². The van der Waals surface area contributed by atoms with E-state index in [4.69, 9.17) is 0 Å². The lowest BCUT2D eigenvalue weighted by atomic mass is 9.89. The molecule has 1 aromatic heterocycles. The minimum atomic E-state index is 0.838. The zero-order chi connectivity index (χ0) is 8.39.